The molecule has 2 heterocycles. The summed E-state index contributed by atoms with van der Waals surface area (Å²) in [5, 5.41) is 10.6. The van der Waals surface area contributed by atoms with Crippen molar-refractivity contribution in [3.8, 4) is 28.3 Å². The maximum Gasteiger partial charge on any atom is 0.261 e. The molecular formula is C31H27FN6O3. The van der Waals surface area contributed by atoms with E-state index >= 15 is 0 Å². The molecule has 5 N–H and O–H groups in total. The highest BCUT2D eigenvalue weighted by Crippen LogP contribution is 2.41. The highest BCUT2D eigenvalue weighted by molar-refractivity contribution is 6.04. The van der Waals surface area contributed by atoms with E-state index in [0.717, 1.165) is 0 Å². The number of likely N-dealkylation sites (N-methyl/N-ethyl adjacent to an activating group) is 1. The molecule has 0 atom stereocenters. The number of rotatable bonds is 7. The van der Waals surface area contributed by atoms with Gasteiger partial charge in [0.1, 0.15) is 34.0 Å². The van der Waals surface area contributed by atoms with Gasteiger partial charge in [-0.05, 0) is 73.5 Å². The standard InChI is InChI=1S/C31H27FN6O3/c1-34-17-5-8-25(39)36-28-22-14-16-24-26(21(22)13-15-23(28)32)29-27(31(40)35-24)30(33)38(37-29)18-9-11-20(12-10-18)41-19-6-3-2-4-7-19/h2-13,15,34H,14,16-17,33H2,1H3,(H,35,40)(H,36,39). The number of carbonyl (C=O) groups is 1. The van der Waals surface area contributed by atoms with E-state index in [1.54, 1.807) is 43.5 Å². The van der Waals surface area contributed by atoms with Crippen molar-refractivity contribution < 1.29 is 13.9 Å². The summed E-state index contributed by atoms with van der Waals surface area (Å²) in [4.78, 5) is 28.6. The number of halogens is 1. The molecule has 1 amide bonds. The summed E-state index contributed by atoms with van der Waals surface area (Å²) in [6, 6.07) is 19.6. The number of para-hydroxylation sites is 1. The van der Waals surface area contributed by atoms with Gasteiger partial charge < -0.3 is 26.1 Å². The second-order valence-electron chi connectivity index (χ2n) is 9.64. The van der Waals surface area contributed by atoms with Gasteiger partial charge in [-0.15, -0.1) is 0 Å². The number of hydrogen-bond donors (Lipinski definition) is 4. The third-order valence-corrected chi connectivity index (χ3v) is 7.01. The van der Waals surface area contributed by atoms with Gasteiger partial charge in [-0.3, -0.25) is 9.59 Å². The lowest BCUT2D eigenvalue weighted by atomic mass is 9.86. The summed E-state index contributed by atoms with van der Waals surface area (Å²) in [6.45, 7) is 0.508. The topological polar surface area (TPSA) is 127 Å². The van der Waals surface area contributed by atoms with Crippen molar-refractivity contribution in [2.45, 2.75) is 12.8 Å². The van der Waals surface area contributed by atoms with Crippen molar-refractivity contribution in [2.24, 2.45) is 0 Å². The number of anilines is 2. The number of carbonyl (C=O) groups excluding carboxylic acids is 1. The molecule has 10 heteroatoms. The number of amides is 1. The minimum Gasteiger partial charge on any atom is -0.457 e. The predicted octanol–water partition coefficient (Wildman–Crippen LogP) is 4.71. The average molecular weight is 551 g/mol. The summed E-state index contributed by atoms with van der Waals surface area (Å²) in [5.41, 5.74) is 9.97. The van der Waals surface area contributed by atoms with Gasteiger partial charge in [0.15, 0.2) is 0 Å². The van der Waals surface area contributed by atoms with E-state index in [1.807, 2.05) is 30.3 Å². The zero-order chi connectivity index (χ0) is 28.5. The van der Waals surface area contributed by atoms with Crippen molar-refractivity contribution >= 4 is 28.3 Å². The number of aromatic nitrogens is 3. The number of aryl methyl sites for hydroxylation is 1. The van der Waals surface area contributed by atoms with Gasteiger partial charge in [0.25, 0.3) is 5.56 Å². The third-order valence-electron chi connectivity index (χ3n) is 7.01. The minimum atomic E-state index is -0.536. The molecule has 0 fully saturated rings. The number of nitrogens with two attached hydrogens (primary N) is 1. The molecule has 5 aromatic rings. The van der Waals surface area contributed by atoms with Crippen LogP contribution in [0, 0.1) is 5.82 Å². The lowest BCUT2D eigenvalue weighted by Gasteiger charge is -2.23. The lowest BCUT2D eigenvalue weighted by molar-refractivity contribution is -0.111. The molecule has 206 valence electrons. The van der Waals surface area contributed by atoms with Gasteiger partial charge in [0, 0.05) is 23.9 Å². The molecule has 1 aliphatic carbocycles. The fourth-order valence-electron chi connectivity index (χ4n) is 5.14. The first kappa shape index (κ1) is 26.0. The van der Waals surface area contributed by atoms with Gasteiger partial charge >= 0.3 is 0 Å². The molecule has 1 aliphatic rings. The number of aromatic amines is 1. The molecule has 41 heavy (non-hydrogen) atoms. The smallest absolute Gasteiger partial charge is 0.261 e. The Morgan fingerprint density at radius 3 is 2.61 bits per heavy atom. The second kappa shape index (κ2) is 10.7. The van der Waals surface area contributed by atoms with E-state index < -0.39 is 11.7 Å². The Labute approximate surface area is 234 Å². The normalized spacial score (nSPS) is 12.3. The van der Waals surface area contributed by atoms with E-state index in [4.69, 9.17) is 15.6 Å². The molecule has 0 saturated carbocycles. The maximum absolute atomic E-state index is 15.0. The number of fused-ring (bicyclic) bond motifs is 5. The van der Waals surface area contributed by atoms with Crippen LogP contribution in [0.15, 0.2) is 83.7 Å². The molecule has 0 saturated heterocycles. The van der Waals surface area contributed by atoms with Crippen LogP contribution in [0.1, 0.15) is 11.3 Å². The van der Waals surface area contributed by atoms with E-state index in [1.165, 1.54) is 16.8 Å². The first-order valence-electron chi connectivity index (χ1n) is 13.1. The number of ether oxygens (including phenoxy) is 1. The Balaban J connectivity index is 1.42. The van der Waals surface area contributed by atoms with Crippen molar-refractivity contribution in [3.05, 3.63) is 106 Å². The summed E-state index contributed by atoms with van der Waals surface area (Å²) in [7, 11) is 1.77. The number of hydrogen-bond acceptors (Lipinski definition) is 6. The molecule has 0 radical (unpaired) electrons. The van der Waals surface area contributed by atoms with Crippen LogP contribution in [-0.2, 0) is 17.6 Å². The Bertz CT molecular complexity index is 1860. The Morgan fingerprint density at radius 1 is 1.10 bits per heavy atom. The highest BCUT2D eigenvalue weighted by atomic mass is 19.1. The zero-order valence-corrected chi connectivity index (χ0v) is 22.2. The van der Waals surface area contributed by atoms with Crippen molar-refractivity contribution in [1.82, 2.24) is 20.1 Å². The zero-order valence-electron chi connectivity index (χ0n) is 22.2. The van der Waals surface area contributed by atoms with Crippen molar-refractivity contribution in [1.29, 1.82) is 0 Å². The van der Waals surface area contributed by atoms with E-state index in [0.29, 0.717) is 64.5 Å². The van der Waals surface area contributed by atoms with Crippen molar-refractivity contribution in [2.75, 3.05) is 24.6 Å². The Hall–Kier alpha value is -5.22. The molecule has 9 nitrogen and oxygen atoms in total. The summed E-state index contributed by atoms with van der Waals surface area (Å²) < 4.78 is 22.4. The molecule has 0 bridgehead atoms. The Morgan fingerprint density at radius 2 is 1.85 bits per heavy atom. The second-order valence-corrected chi connectivity index (χ2v) is 9.64. The summed E-state index contributed by atoms with van der Waals surface area (Å²) in [6.07, 6.45) is 3.88. The largest absolute Gasteiger partial charge is 0.457 e. The van der Waals surface area contributed by atoms with Gasteiger partial charge in [-0.1, -0.05) is 30.3 Å². The molecule has 2 aromatic heterocycles. The van der Waals surface area contributed by atoms with Crippen LogP contribution in [0.5, 0.6) is 11.5 Å². The first-order valence-corrected chi connectivity index (χ1v) is 13.1. The number of H-pyrrole nitrogens is 1. The number of nitrogens with one attached hydrogen (secondary N) is 3. The van der Waals surface area contributed by atoms with Crippen LogP contribution in [-0.4, -0.2) is 34.3 Å². The van der Waals surface area contributed by atoms with Crippen LogP contribution >= 0.6 is 0 Å². The predicted molar refractivity (Wildman–Crippen MR) is 157 cm³/mol. The Kier molecular flexibility index (Phi) is 6.82. The highest BCUT2D eigenvalue weighted by Gasteiger charge is 2.28. The molecule has 0 spiro atoms. The summed E-state index contributed by atoms with van der Waals surface area (Å²) >= 11 is 0. The van der Waals surface area contributed by atoms with Gasteiger partial charge in [-0.25, -0.2) is 9.07 Å². The van der Waals surface area contributed by atoms with Crippen LogP contribution in [0.4, 0.5) is 15.9 Å². The first-order chi connectivity index (χ1) is 19.9. The fraction of sp³-hybridized carbons (Fsp3) is 0.129. The van der Waals surface area contributed by atoms with Crippen LogP contribution in [0.2, 0.25) is 0 Å². The van der Waals surface area contributed by atoms with Gasteiger partial charge in [0.05, 0.1) is 11.4 Å². The monoisotopic (exact) mass is 550 g/mol. The maximum atomic E-state index is 15.0. The molecular weight excluding hydrogens is 523 g/mol. The van der Waals surface area contributed by atoms with E-state index in [2.05, 4.69) is 15.6 Å². The van der Waals surface area contributed by atoms with Gasteiger partial charge in [0.2, 0.25) is 5.91 Å². The quantitative estimate of drug-likeness (QED) is 0.218. The number of nitrogen functional groups attached to an aromatic ring is 1. The molecule has 0 aliphatic heterocycles. The minimum absolute atomic E-state index is 0.119. The SMILES string of the molecule is CNCC=CC(=O)Nc1c(F)ccc2c1CCc1[nH]c(=O)c3c(N)n(-c4ccc(Oc5ccccc5)cc4)nc3c1-2. The van der Waals surface area contributed by atoms with Crippen LogP contribution in [0.25, 0.3) is 27.7 Å². The van der Waals surface area contributed by atoms with E-state index in [9.17, 15) is 14.0 Å². The van der Waals surface area contributed by atoms with E-state index in [-0.39, 0.29) is 22.5 Å². The van der Waals surface area contributed by atoms with Crippen LogP contribution in [0.3, 0.4) is 0 Å². The van der Waals surface area contributed by atoms with Crippen LogP contribution < -0.4 is 26.7 Å². The third kappa shape index (κ3) is 4.85. The fourth-order valence-corrected chi connectivity index (χ4v) is 5.14. The number of benzene rings is 3. The number of pyridine rings is 1. The molecule has 3 aromatic carbocycles. The average Bonchev–Trinajstić information content (AvgIpc) is 3.33. The lowest BCUT2D eigenvalue weighted by Crippen LogP contribution is -2.18. The molecule has 6 rings (SSSR count). The van der Waals surface area contributed by atoms with Crippen molar-refractivity contribution in [3.63, 3.8) is 0 Å². The van der Waals surface area contributed by atoms with Gasteiger partial charge in [-0.2, -0.15) is 5.10 Å². The molecule has 0 unspecified atom stereocenters. The number of nitrogens with zero attached hydrogens (tertiary/aromatic N) is 2. The summed E-state index contributed by atoms with van der Waals surface area (Å²) in [5.74, 6) is 0.557.